The third-order valence-electron chi connectivity index (χ3n) is 3.49. The summed E-state index contributed by atoms with van der Waals surface area (Å²) in [5.74, 6) is -2.89. The average Bonchev–Trinajstić information content (AvgIpc) is 2.92. The standard InChI is InChI=1S/C17H15F2N3OS2/c1-24-12-8-6-11(7-9-12)20-15(23)10-22-14-5-3-2-4-13(14)21-17(22)25-16(18)19/h2-9,16H,10H2,1H3,(H,20,23). The van der Waals surface area contributed by atoms with Gasteiger partial charge in [-0.15, -0.1) is 11.8 Å². The van der Waals surface area contributed by atoms with Gasteiger partial charge < -0.3 is 9.88 Å². The highest BCUT2D eigenvalue weighted by Gasteiger charge is 2.17. The van der Waals surface area contributed by atoms with Crippen LogP contribution < -0.4 is 5.32 Å². The number of para-hydroxylation sites is 2. The zero-order valence-corrected chi connectivity index (χ0v) is 14.9. The molecule has 1 aromatic heterocycles. The highest BCUT2D eigenvalue weighted by molar-refractivity contribution is 7.99. The summed E-state index contributed by atoms with van der Waals surface area (Å²) in [6, 6.07) is 14.5. The number of nitrogens with one attached hydrogen (secondary N) is 1. The maximum Gasteiger partial charge on any atom is 0.291 e. The molecule has 1 N–H and O–H groups in total. The van der Waals surface area contributed by atoms with Crippen LogP contribution in [0.25, 0.3) is 11.0 Å². The predicted octanol–water partition coefficient (Wildman–Crippen LogP) is 4.71. The molecule has 0 bridgehead atoms. The van der Waals surface area contributed by atoms with E-state index in [-0.39, 0.29) is 17.6 Å². The minimum Gasteiger partial charge on any atom is -0.325 e. The zero-order valence-electron chi connectivity index (χ0n) is 13.3. The van der Waals surface area contributed by atoms with Crippen molar-refractivity contribution in [2.75, 3.05) is 11.6 Å². The molecule has 0 radical (unpaired) electrons. The minimum absolute atomic E-state index is 0.0835. The monoisotopic (exact) mass is 379 g/mol. The second-order valence-electron chi connectivity index (χ2n) is 5.12. The smallest absolute Gasteiger partial charge is 0.291 e. The molecular weight excluding hydrogens is 364 g/mol. The number of amides is 1. The van der Waals surface area contributed by atoms with Crippen LogP contribution in [0, 0.1) is 0 Å². The van der Waals surface area contributed by atoms with Gasteiger partial charge in [0, 0.05) is 10.6 Å². The molecule has 2 aromatic carbocycles. The highest BCUT2D eigenvalue weighted by Crippen LogP contribution is 2.28. The van der Waals surface area contributed by atoms with E-state index in [0.29, 0.717) is 28.5 Å². The van der Waals surface area contributed by atoms with Crippen LogP contribution >= 0.6 is 23.5 Å². The van der Waals surface area contributed by atoms with Crippen LogP contribution in [-0.2, 0) is 11.3 Å². The Kier molecular flexibility index (Phi) is 5.60. The van der Waals surface area contributed by atoms with Gasteiger partial charge in [-0.05, 0) is 54.4 Å². The second kappa shape index (κ2) is 7.88. The van der Waals surface area contributed by atoms with Crippen molar-refractivity contribution in [1.29, 1.82) is 0 Å². The molecule has 0 aliphatic rings. The van der Waals surface area contributed by atoms with Gasteiger partial charge in [0.25, 0.3) is 5.76 Å². The Morgan fingerprint density at radius 1 is 1.20 bits per heavy atom. The first-order valence-electron chi connectivity index (χ1n) is 7.41. The number of nitrogens with zero attached hydrogens (tertiary/aromatic N) is 2. The summed E-state index contributed by atoms with van der Waals surface area (Å²) >= 11 is 1.95. The van der Waals surface area contributed by atoms with E-state index in [0.717, 1.165) is 4.90 Å². The number of halogens is 2. The molecule has 0 spiro atoms. The molecule has 0 saturated carbocycles. The van der Waals surface area contributed by atoms with Crippen molar-refractivity contribution in [3.05, 3.63) is 48.5 Å². The van der Waals surface area contributed by atoms with Crippen molar-refractivity contribution >= 4 is 46.2 Å². The Hall–Kier alpha value is -2.06. The van der Waals surface area contributed by atoms with Gasteiger partial charge in [-0.25, -0.2) is 4.98 Å². The molecule has 0 saturated heterocycles. The summed E-state index contributed by atoms with van der Waals surface area (Å²) in [4.78, 5) is 17.6. The SMILES string of the molecule is CSc1ccc(NC(=O)Cn2c(SC(F)F)nc3ccccc32)cc1. The lowest BCUT2D eigenvalue weighted by Gasteiger charge is -2.10. The fourth-order valence-corrected chi connectivity index (χ4v) is 3.40. The molecule has 0 atom stereocenters. The van der Waals surface area contributed by atoms with Gasteiger partial charge >= 0.3 is 0 Å². The van der Waals surface area contributed by atoms with Crippen LogP contribution in [-0.4, -0.2) is 27.5 Å². The Bertz CT molecular complexity index is 881. The van der Waals surface area contributed by atoms with Gasteiger partial charge in [-0.2, -0.15) is 8.78 Å². The van der Waals surface area contributed by atoms with Crippen LogP contribution in [0.2, 0.25) is 0 Å². The maximum atomic E-state index is 12.8. The second-order valence-corrected chi connectivity index (χ2v) is 6.96. The molecule has 0 aliphatic carbocycles. The van der Waals surface area contributed by atoms with Gasteiger partial charge in [0.15, 0.2) is 5.16 Å². The number of thioether (sulfide) groups is 2. The van der Waals surface area contributed by atoms with Gasteiger partial charge in [0.1, 0.15) is 6.54 Å². The number of fused-ring (bicyclic) bond motifs is 1. The summed E-state index contributed by atoms with van der Waals surface area (Å²) in [6.07, 6.45) is 1.97. The third-order valence-corrected chi connectivity index (χ3v) is 4.93. The Balaban J connectivity index is 1.81. The first-order chi connectivity index (χ1) is 12.1. The summed E-state index contributed by atoms with van der Waals surface area (Å²) in [7, 11) is 0. The van der Waals surface area contributed by atoms with Crippen LogP contribution in [0.4, 0.5) is 14.5 Å². The number of rotatable bonds is 6. The molecule has 0 fully saturated rings. The molecule has 3 rings (SSSR count). The Morgan fingerprint density at radius 2 is 1.92 bits per heavy atom. The van der Waals surface area contributed by atoms with Crippen LogP contribution in [0.3, 0.4) is 0 Å². The lowest BCUT2D eigenvalue weighted by atomic mass is 10.3. The average molecular weight is 379 g/mol. The number of carbonyl (C=O) groups is 1. The number of hydrogen-bond acceptors (Lipinski definition) is 4. The zero-order chi connectivity index (χ0) is 17.8. The number of benzene rings is 2. The van der Waals surface area contributed by atoms with Crippen LogP contribution in [0.5, 0.6) is 0 Å². The quantitative estimate of drug-likeness (QED) is 0.630. The largest absolute Gasteiger partial charge is 0.325 e. The lowest BCUT2D eigenvalue weighted by molar-refractivity contribution is -0.116. The lowest BCUT2D eigenvalue weighted by Crippen LogP contribution is -2.19. The van der Waals surface area contributed by atoms with Crippen molar-refractivity contribution in [1.82, 2.24) is 9.55 Å². The minimum atomic E-state index is -2.60. The highest BCUT2D eigenvalue weighted by atomic mass is 32.2. The molecule has 130 valence electrons. The fourth-order valence-electron chi connectivity index (χ4n) is 2.39. The molecule has 3 aromatic rings. The molecule has 25 heavy (non-hydrogen) atoms. The third kappa shape index (κ3) is 4.32. The number of hydrogen-bond donors (Lipinski definition) is 1. The molecule has 1 heterocycles. The molecule has 8 heteroatoms. The number of anilines is 1. The van der Waals surface area contributed by atoms with E-state index < -0.39 is 5.76 Å². The topological polar surface area (TPSA) is 46.9 Å². The summed E-state index contributed by atoms with van der Waals surface area (Å²) in [5, 5.41) is 2.91. The Morgan fingerprint density at radius 3 is 2.60 bits per heavy atom. The fraction of sp³-hybridized carbons (Fsp3) is 0.176. The van der Waals surface area contributed by atoms with Gasteiger partial charge in [-0.3, -0.25) is 4.79 Å². The molecule has 0 unspecified atom stereocenters. The van der Waals surface area contributed by atoms with Gasteiger partial charge in [0.05, 0.1) is 11.0 Å². The van der Waals surface area contributed by atoms with Crippen LogP contribution in [0.1, 0.15) is 0 Å². The van der Waals surface area contributed by atoms with E-state index in [9.17, 15) is 13.6 Å². The van der Waals surface area contributed by atoms with E-state index >= 15 is 0 Å². The van der Waals surface area contributed by atoms with Crippen LogP contribution in [0.15, 0.2) is 58.6 Å². The number of carbonyl (C=O) groups excluding carboxylic acids is 1. The van der Waals surface area contributed by atoms with Crippen molar-refractivity contribution in [2.45, 2.75) is 22.4 Å². The van der Waals surface area contributed by atoms with Gasteiger partial charge in [-0.1, -0.05) is 12.1 Å². The first kappa shape index (κ1) is 17.8. The normalized spacial score (nSPS) is 11.2. The van der Waals surface area contributed by atoms with E-state index in [1.165, 1.54) is 4.57 Å². The van der Waals surface area contributed by atoms with E-state index in [4.69, 9.17) is 0 Å². The summed E-state index contributed by atoms with van der Waals surface area (Å²) < 4.78 is 27.1. The summed E-state index contributed by atoms with van der Waals surface area (Å²) in [6.45, 7) is -0.0835. The van der Waals surface area contributed by atoms with Gasteiger partial charge in [0.2, 0.25) is 5.91 Å². The van der Waals surface area contributed by atoms with Crippen molar-refractivity contribution in [3.8, 4) is 0 Å². The number of imidazole rings is 1. The van der Waals surface area contributed by atoms with E-state index in [1.54, 1.807) is 36.0 Å². The molecular formula is C17H15F2N3OS2. The molecule has 4 nitrogen and oxygen atoms in total. The van der Waals surface area contributed by atoms with E-state index in [1.807, 2.05) is 30.5 Å². The van der Waals surface area contributed by atoms with Crippen molar-refractivity contribution in [2.24, 2.45) is 0 Å². The maximum absolute atomic E-state index is 12.8. The molecule has 1 amide bonds. The van der Waals surface area contributed by atoms with Crippen molar-refractivity contribution in [3.63, 3.8) is 0 Å². The summed E-state index contributed by atoms with van der Waals surface area (Å²) in [5.41, 5.74) is 1.90. The predicted molar refractivity (Wildman–Crippen MR) is 98.4 cm³/mol. The first-order valence-corrected chi connectivity index (χ1v) is 9.51. The number of alkyl halides is 2. The van der Waals surface area contributed by atoms with Crippen molar-refractivity contribution < 1.29 is 13.6 Å². The molecule has 0 aliphatic heterocycles. The van der Waals surface area contributed by atoms with E-state index in [2.05, 4.69) is 10.3 Å². The number of aromatic nitrogens is 2. The Labute approximate surface area is 152 Å².